The minimum atomic E-state index is -0.315. The number of benzene rings is 1. The van der Waals surface area contributed by atoms with E-state index in [4.69, 9.17) is 4.52 Å². The Hall–Kier alpha value is -1.72. The number of aliphatic hydroxyl groups is 1. The molecule has 2 N–H and O–H groups in total. The molecule has 1 unspecified atom stereocenters. The Morgan fingerprint density at radius 2 is 2.21 bits per heavy atom. The Morgan fingerprint density at radius 1 is 1.32 bits per heavy atom. The average Bonchev–Trinajstić information content (AvgIpc) is 3.00. The predicted octanol–water partition coefficient (Wildman–Crippen LogP) is 1.15. The summed E-state index contributed by atoms with van der Waals surface area (Å²) in [6.45, 7) is 0.592. The lowest BCUT2D eigenvalue weighted by atomic mass is 9.77. The van der Waals surface area contributed by atoms with Crippen molar-refractivity contribution in [3.8, 4) is 0 Å². The normalized spacial score (nSPS) is 29.0. The highest BCUT2D eigenvalue weighted by molar-refractivity contribution is 5.43. The van der Waals surface area contributed by atoms with Gasteiger partial charge < -0.3 is 14.9 Å². The van der Waals surface area contributed by atoms with Gasteiger partial charge in [0.2, 0.25) is 5.89 Å². The monoisotopic (exact) mass is 257 g/mol. The van der Waals surface area contributed by atoms with Gasteiger partial charge in [0.25, 0.3) is 0 Å². The molecule has 0 spiro atoms. The van der Waals surface area contributed by atoms with Gasteiger partial charge in [-0.25, -0.2) is 0 Å². The molecule has 2 aromatic rings. The third-order valence-electron chi connectivity index (χ3n) is 4.03. The Balaban J connectivity index is 1.57. The molecule has 1 aromatic heterocycles. The molecule has 3 atom stereocenters. The van der Waals surface area contributed by atoms with Crippen LogP contribution in [0.25, 0.3) is 0 Å². The maximum atomic E-state index is 9.51. The number of nitrogens with one attached hydrogen (secondary N) is 1. The SMILES string of the molecule is O[C@@H]1CN[C@H](c2nc(C3Cc4ccccc43)no2)C1. The number of fused-ring (bicyclic) bond motifs is 1. The Morgan fingerprint density at radius 3 is 3.00 bits per heavy atom. The smallest absolute Gasteiger partial charge is 0.243 e. The molecular formula is C14H15N3O2. The van der Waals surface area contributed by atoms with Gasteiger partial charge in [0.05, 0.1) is 18.1 Å². The van der Waals surface area contributed by atoms with E-state index in [-0.39, 0.29) is 18.1 Å². The minimum absolute atomic E-state index is 0.00781. The highest BCUT2D eigenvalue weighted by Gasteiger charge is 2.33. The van der Waals surface area contributed by atoms with Crippen LogP contribution in [-0.4, -0.2) is 27.9 Å². The van der Waals surface area contributed by atoms with E-state index in [9.17, 15) is 5.11 Å². The molecule has 0 radical (unpaired) electrons. The van der Waals surface area contributed by atoms with Crippen LogP contribution in [0.4, 0.5) is 0 Å². The largest absolute Gasteiger partial charge is 0.392 e. The molecule has 1 aliphatic heterocycles. The Labute approximate surface area is 110 Å². The molecule has 19 heavy (non-hydrogen) atoms. The van der Waals surface area contributed by atoms with Crippen LogP contribution in [0.3, 0.4) is 0 Å². The molecular weight excluding hydrogens is 242 g/mol. The lowest BCUT2D eigenvalue weighted by Crippen LogP contribution is -2.19. The molecule has 2 aliphatic rings. The number of aliphatic hydroxyl groups excluding tert-OH is 1. The molecule has 1 aliphatic carbocycles. The standard InChI is InChI=1S/C14H15N3O2/c18-9-6-12(15-7-9)14-16-13(17-19-14)11-5-8-3-1-2-4-10(8)11/h1-4,9,11-12,15,18H,5-7H2/t9-,11?,12-/m0/s1. The van der Waals surface area contributed by atoms with Gasteiger partial charge in [0.1, 0.15) is 0 Å². The van der Waals surface area contributed by atoms with E-state index in [0.29, 0.717) is 18.9 Å². The van der Waals surface area contributed by atoms with Gasteiger partial charge in [-0.1, -0.05) is 29.4 Å². The summed E-state index contributed by atoms with van der Waals surface area (Å²) < 4.78 is 5.33. The van der Waals surface area contributed by atoms with Crippen molar-refractivity contribution in [2.45, 2.75) is 30.9 Å². The van der Waals surface area contributed by atoms with Crippen LogP contribution in [-0.2, 0) is 6.42 Å². The summed E-state index contributed by atoms with van der Waals surface area (Å²) in [7, 11) is 0. The number of hydrogen-bond acceptors (Lipinski definition) is 5. The molecule has 1 aromatic carbocycles. The van der Waals surface area contributed by atoms with Gasteiger partial charge in [-0.15, -0.1) is 0 Å². The first kappa shape index (κ1) is 11.1. The fraction of sp³-hybridized carbons (Fsp3) is 0.429. The molecule has 98 valence electrons. The van der Waals surface area contributed by atoms with Crippen molar-refractivity contribution < 1.29 is 9.63 Å². The maximum Gasteiger partial charge on any atom is 0.243 e. The fourth-order valence-electron chi connectivity index (χ4n) is 2.92. The minimum Gasteiger partial charge on any atom is -0.392 e. The van der Waals surface area contributed by atoms with Crippen LogP contribution in [0, 0.1) is 0 Å². The van der Waals surface area contributed by atoms with E-state index in [2.05, 4.69) is 33.7 Å². The second kappa shape index (κ2) is 4.15. The van der Waals surface area contributed by atoms with E-state index < -0.39 is 0 Å². The van der Waals surface area contributed by atoms with Crippen molar-refractivity contribution in [3.05, 3.63) is 47.1 Å². The summed E-state index contributed by atoms with van der Waals surface area (Å²) >= 11 is 0. The van der Waals surface area contributed by atoms with E-state index >= 15 is 0 Å². The van der Waals surface area contributed by atoms with Crippen LogP contribution >= 0.6 is 0 Å². The molecule has 0 bridgehead atoms. The second-order valence-electron chi connectivity index (χ2n) is 5.30. The topological polar surface area (TPSA) is 71.2 Å². The first-order valence-electron chi connectivity index (χ1n) is 6.64. The number of rotatable bonds is 2. The lowest BCUT2D eigenvalue weighted by molar-refractivity contribution is 0.191. The third-order valence-corrected chi connectivity index (χ3v) is 4.03. The van der Waals surface area contributed by atoms with Crippen LogP contribution < -0.4 is 5.32 Å². The van der Waals surface area contributed by atoms with Crippen molar-refractivity contribution in [3.63, 3.8) is 0 Å². The van der Waals surface area contributed by atoms with Gasteiger partial charge in [-0.3, -0.25) is 0 Å². The Kier molecular flexibility index (Phi) is 2.43. The fourth-order valence-corrected chi connectivity index (χ4v) is 2.92. The van der Waals surface area contributed by atoms with Crippen LogP contribution in [0.5, 0.6) is 0 Å². The molecule has 5 nitrogen and oxygen atoms in total. The van der Waals surface area contributed by atoms with Gasteiger partial charge in [0, 0.05) is 6.54 Å². The van der Waals surface area contributed by atoms with Crippen molar-refractivity contribution in [1.82, 2.24) is 15.5 Å². The molecule has 4 rings (SSSR count). The second-order valence-corrected chi connectivity index (χ2v) is 5.30. The van der Waals surface area contributed by atoms with E-state index in [0.717, 1.165) is 12.2 Å². The highest BCUT2D eigenvalue weighted by Crippen LogP contribution is 2.38. The number of hydrogen-bond donors (Lipinski definition) is 2. The van der Waals surface area contributed by atoms with Gasteiger partial charge >= 0.3 is 0 Å². The molecule has 1 fully saturated rings. The quantitative estimate of drug-likeness (QED) is 0.844. The van der Waals surface area contributed by atoms with Crippen molar-refractivity contribution in [2.24, 2.45) is 0 Å². The average molecular weight is 257 g/mol. The lowest BCUT2D eigenvalue weighted by Gasteiger charge is -2.27. The van der Waals surface area contributed by atoms with E-state index in [1.165, 1.54) is 11.1 Å². The molecule has 2 heterocycles. The van der Waals surface area contributed by atoms with Crippen molar-refractivity contribution in [1.29, 1.82) is 0 Å². The molecule has 1 saturated heterocycles. The first-order valence-corrected chi connectivity index (χ1v) is 6.64. The van der Waals surface area contributed by atoms with Crippen LogP contribution in [0.1, 0.15) is 41.2 Å². The Bertz CT molecular complexity index is 610. The summed E-state index contributed by atoms with van der Waals surface area (Å²) in [5, 5.41) is 16.8. The van der Waals surface area contributed by atoms with Crippen LogP contribution in [0.15, 0.2) is 28.8 Å². The first-order chi connectivity index (χ1) is 9.31. The highest BCUT2D eigenvalue weighted by atomic mass is 16.5. The zero-order valence-electron chi connectivity index (χ0n) is 10.4. The number of nitrogens with zero attached hydrogens (tertiary/aromatic N) is 2. The van der Waals surface area contributed by atoms with Gasteiger partial charge in [0.15, 0.2) is 5.82 Å². The summed E-state index contributed by atoms with van der Waals surface area (Å²) in [6.07, 6.45) is 1.31. The van der Waals surface area contributed by atoms with E-state index in [1.54, 1.807) is 0 Å². The summed E-state index contributed by atoms with van der Waals surface area (Å²) in [5.74, 6) is 1.62. The number of β-amino-alcohol motifs (C(OH)–C–C–N with tert-alkyl or cyclic N) is 1. The zero-order valence-corrected chi connectivity index (χ0v) is 10.4. The number of aromatic nitrogens is 2. The van der Waals surface area contributed by atoms with Gasteiger partial charge in [-0.2, -0.15) is 4.98 Å². The van der Waals surface area contributed by atoms with Crippen molar-refractivity contribution in [2.75, 3.05) is 6.54 Å². The van der Waals surface area contributed by atoms with Crippen LogP contribution in [0.2, 0.25) is 0 Å². The summed E-state index contributed by atoms with van der Waals surface area (Å²) in [5.41, 5.74) is 2.67. The predicted molar refractivity (Wildman–Crippen MR) is 67.7 cm³/mol. The molecule has 0 saturated carbocycles. The summed E-state index contributed by atoms with van der Waals surface area (Å²) in [6, 6.07) is 8.35. The third kappa shape index (κ3) is 1.77. The maximum absolute atomic E-state index is 9.51. The van der Waals surface area contributed by atoms with Crippen molar-refractivity contribution >= 4 is 0 Å². The summed E-state index contributed by atoms with van der Waals surface area (Å²) in [4.78, 5) is 4.50. The van der Waals surface area contributed by atoms with Gasteiger partial charge in [-0.05, 0) is 24.0 Å². The molecule has 5 heteroatoms. The zero-order chi connectivity index (χ0) is 12.8. The molecule has 0 amide bonds. The van der Waals surface area contributed by atoms with E-state index in [1.807, 2.05) is 6.07 Å².